The summed E-state index contributed by atoms with van der Waals surface area (Å²) in [7, 11) is -2.43. The van der Waals surface area contributed by atoms with Crippen molar-refractivity contribution in [3.05, 3.63) is 29.8 Å². The molecule has 1 saturated heterocycles. The fourth-order valence-electron chi connectivity index (χ4n) is 2.18. The summed E-state index contributed by atoms with van der Waals surface area (Å²) in [6.45, 7) is 1.41. The molecule has 0 saturated carbocycles. The number of nitrogens with zero attached hydrogens (tertiary/aromatic N) is 1. The van der Waals surface area contributed by atoms with Crippen molar-refractivity contribution in [2.45, 2.75) is 23.8 Å². The van der Waals surface area contributed by atoms with E-state index in [4.69, 9.17) is 0 Å². The monoisotopic (exact) mass is 290 g/mol. The molecule has 0 bridgehead atoms. The van der Waals surface area contributed by atoms with Crippen LogP contribution in [0.1, 0.15) is 12.8 Å². The van der Waals surface area contributed by atoms with Crippen LogP contribution >= 0.6 is 0 Å². The maximum atomic E-state index is 13.1. The van der Waals surface area contributed by atoms with Gasteiger partial charge in [-0.15, -0.1) is 0 Å². The van der Waals surface area contributed by atoms with E-state index in [1.165, 1.54) is 11.4 Å². The minimum absolute atomic E-state index is 0.190. The van der Waals surface area contributed by atoms with Gasteiger partial charge in [-0.3, -0.25) is 0 Å². The molecular weight excluding hydrogens is 274 g/mol. The van der Waals surface area contributed by atoms with Crippen LogP contribution in [0.15, 0.2) is 23.1 Å². The summed E-state index contributed by atoms with van der Waals surface area (Å²) in [5.74, 6) is -1.79. The van der Waals surface area contributed by atoms with Gasteiger partial charge in [0.15, 0.2) is 0 Å². The predicted octanol–water partition coefficient (Wildman–Crippen LogP) is 1.34. The minimum Gasteiger partial charge on any atom is -0.315 e. The number of likely N-dealkylation sites (N-methyl/N-ethyl adjacent to an activating group) is 1. The fraction of sp³-hybridized carbons (Fsp3) is 0.500. The second kappa shape index (κ2) is 5.52. The fourth-order valence-corrected chi connectivity index (χ4v) is 3.61. The number of piperidine rings is 1. The Labute approximate surface area is 111 Å². The predicted molar refractivity (Wildman–Crippen MR) is 67.2 cm³/mol. The quantitative estimate of drug-likeness (QED) is 0.914. The largest absolute Gasteiger partial charge is 0.315 e. The summed E-state index contributed by atoms with van der Waals surface area (Å²) in [6.07, 6.45) is 1.61. The van der Waals surface area contributed by atoms with Gasteiger partial charge in [-0.1, -0.05) is 0 Å². The standard InChI is InChI=1S/C12H16F2N2O2S/c1-16(11-3-2-4-15-8-11)19(17,18)12-6-9(13)5-10(14)7-12/h5-7,11,15H,2-4,8H2,1H3. The summed E-state index contributed by atoms with van der Waals surface area (Å²) in [6, 6.07) is 2.14. The van der Waals surface area contributed by atoms with Crippen molar-refractivity contribution in [3.63, 3.8) is 0 Å². The van der Waals surface area contributed by atoms with Gasteiger partial charge in [0, 0.05) is 25.7 Å². The molecular formula is C12H16F2N2O2S. The first-order chi connectivity index (χ1) is 8.91. The maximum absolute atomic E-state index is 13.1. The molecule has 2 rings (SSSR count). The van der Waals surface area contributed by atoms with E-state index in [9.17, 15) is 17.2 Å². The Hall–Kier alpha value is -1.05. The average Bonchev–Trinajstić information content (AvgIpc) is 2.37. The van der Waals surface area contributed by atoms with Crippen LogP contribution in [-0.4, -0.2) is 38.9 Å². The van der Waals surface area contributed by atoms with Crippen LogP contribution in [0.2, 0.25) is 0 Å². The van der Waals surface area contributed by atoms with E-state index in [-0.39, 0.29) is 10.9 Å². The second-order valence-electron chi connectivity index (χ2n) is 4.63. The molecule has 0 aliphatic carbocycles. The van der Waals surface area contributed by atoms with E-state index in [0.29, 0.717) is 12.6 Å². The maximum Gasteiger partial charge on any atom is 0.243 e. The molecule has 0 radical (unpaired) electrons. The third-order valence-electron chi connectivity index (χ3n) is 3.30. The molecule has 1 heterocycles. The summed E-state index contributed by atoms with van der Waals surface area (Å²) in [5.41, 5.74) is 0. The molecule has 0 aromatic heterocycles. The van der Waals surface area contributed by atoms with E-state index in [1.807, 2.05) is 0 Å². The number of hydrogen-bond acceptors (Lipinski definition) is 3. The zero-order chi connectivity index (χ0) is 14.0. The van der Waals surface area contributed by atoms with Crippen molar-refractivity contribution in [2.75, 3.05) is 20.1 Å². The Morgan fingerprint density at radius 1 is 1.26 bits per heavy atom. The number of sulfonamides is 1. The Balaban J connectivity index is 2.30. The van der Waals surface area contributed by atoms with Crippen molar-refractivity contribution in [3.8, 4) is 0 Å². The van der Waals surface area contributed by atoms with E-state index in [2.05, 4.69) is 5.32 Å². The number of nitrogens with one attached hydrogen (secondary N) is 1. The van der Waals surface area contributed by atoms with Crippen LogP contribution in [0.3, 0.4) is 0 Å². The topological polar surface area (TPSA) is 49.4 Å². The molecule has 1 aliphatic rings. The number of rotatable bonds is 3. The molecule has 0 amide bonds. The molecule has 0 spiro atoms. The molecule has 7 heteroatoms. The molecule has 1 aromatic carbocycles. The van der Waals surface area contributed by atoms with Gasteiger partial charge in [0.05, 0.1) is 4.90 Å². The first-order valence-electron chi connectivity index (χ1n) is 6.06. The summed E-state index contributed by atoms with van der Waals surface area (Å²) >= 11 is 0. The Bertz CT molecular complexity index is 537. The zero-order valence-corrected chi connectivity index (χ0v) is 11.4. The smallest absolute Gasteiger partial charge is 0.243 e. The molecule has 1 aliphatic heterocycles. The molecule has 4 nitrogen and oxygen atoms in total. The van der Waals surface area contributed by atoms with Crippen LogP contribution in [-0.2, 0) is 10.0 Å². The Morgan fingerprint density at radius 3 is 2.42 bits per heavy atom. The van der Waals surface area contributed by atoms with Gasteiger partial charge in [0.2, 0.25) is 10.0 Å². The summed E-state index contributed by atoms with van der Waals surface area (Å²) in [4.78, 5) is -0.349. The molecule has 1 aromatic rings. The molecule has 106 valence electrons. The highest BCUT2D eigenvalue weighted by Crippen LogP contribution is 2.21. The van der Waals surface area contributed by atoms with Crippen LogP contribution in [0.25, 0.3) is 0 Å². The van der Waals surface area contributed by atoms with Crippen molar-refractivity contribution < 1.29 is 17.2 Å². The van der Waals surface area contributed by atoms with Gasteiger partial charge in [-0.25, -0.2) is 17.2 Å². The van der Waals surface area contributed by atoms with E-state index in [0.717, 1.165) is 31.5 Å². The number of hydrogen-bond donors (Lipinski definition) is 1. The first kappa shape index (κ1) is 14.4. The van der Waals surface area contributed by atoms with Crippen LogP contribution < -0.4 is 5.32 Å². The highest BCUT2D eigenvalue weighted by atomic mass is 32.2. The lowest BCUT2D eigenvalue weighted by atomic mass is 10.1. The van der Waals surface area contributed by atoms with Crippen molar-refractivity contribution in [1.29, 1.82) is 0 Å². The van der Waals surface area contributed by atoms with Crippen LogP contribution in [0.4, 0.5) is 8.78 Å². The SMILES string of the molecule is CN(C1CCCNC1)S(=O)(=O)c1cc(F)cc(F)c1. The molecule has 1 N–H and O–H groups in total. The van der Waals surface area contributed by atoms with Crippen molar-refractivity contribution >= 4 is 10.0 Å². The lowest BCUT2D eigenvalue weighted by molar-refractivity contribution is 0.300. The molecule has 19 heavy (non-hydrogen) atoms. The van der Waals surface area contributed by atoms with Gasteiger partial charge in [0.25, 0.3) is 0 Å². The number of halogens is 2. The number of benzene rings is 1. The third-order valence-corrected chi connectivity index (χ3v) is 5.19. The average molecular weight is 290 g/mol. The van der Waals surface area contributed by atoms with Gasteiger partial charge in [0.1, 0.15) is 11.6 Å². The Kier molecular flexibility index (Phi) is 4.17. The first-order valence-corrected chi connectivity index (χ1v) is 7.50. The third kappa shape index (κ3) is 3.10. The lowest BCUT2D eigenvalue weighted by Gasteiger charge is -2.30. The van der Waals surface area contributed by atoms with E-state index in [1.54, 1.807) is 0 Å². The summed E-state index contributed by atoms with van der Waals surface area (Å²) in [5, 5.41) is 3.11. The van der Waals surface area contributed by atoms with Gasteiger partial charge in [-0.2, -0.15) is 4.31 Å². The minimum atomic E-state index is -3.87. The second-order valence-corrected chi connectivity index (χ2v) is 6.62. The zero-order valence-electron chi connectivity index (χ0n) is 10.6. The Morgan fingerprint density at radius 2 is 1.89 bits per heavy atom. The highest BCUT2D eigenvalue weighted by Gasteiger charge is 2.29. The van der Waals surface area contributed by atoms with Gasteiger partial charge < -0.3 is 5.32 Å². The van der Waals surface area contributed by atoms with Gasteiger partial charge >= 0.3 is 0 Å². The highest BCUT2D eigenvalue weighted by molar-refractivity contribution is 7.89. The van der Waals surface area contributed by atoms with Crippen LogP contribution in [0, 0.1) is 11.6 Å². The van der Waals surface area contributed by atoms with Gasteiger partial charge in [-0.05, 0) is 31.5 Å². The van der Waals surface area contributed by atoms with Crippen LogP contribution in [0.5, 0.6) is 0 Å². The molecule has 1 unspecified atom stereocenters. The molecule has 1 fully saturated rings. The normalized spacial score (nSPS) is 20.7. The van der Waals surface area contributed by atoms with Crippen molar-refractivity contribution in [2.24, 2.45) is 0 Å². The summed E-state index contributed by atoms with van der Waals surface area (Å²) < 4.78 is 52.0. The van der Waals surface area contributed by atoms with Crippen molar-refractivity contribution in [1.82, 2.24) is 9.62 Å². The molecule has 1 atom stereocenters. The van der Waals surface area contributed by atoms with E-state index >= 15 is 0 Å². The lowest BCUT2D eigenvalue weighted by Crippen LogP contribution is -2.46. The van der Waals surface area contributed by atoms with E-state index < -0.39 is 21.7 Å².